The summed E-state index contributed by atoms with van der Waals surface area (Å²) in [6.07, 6.45) is 3.18. The van der Waals surface area contributed by atoms with E-state index in [1.54, 1.807) is 26.6 Å². The van der Waals surface area contributed by atoms with Crippen LogP contribution >= 0.6 is 23.2 Å². The molecule has 1 unspecified atom stereocenters. The van der Waals surface area contributed by atoms with Gasteiger partial charge in [0.1, 0.15) is 6.61 Å². The second kappa shape index (κ2) is 9.86. The number of ether oxygens (including phenoxy) is 3. The van der Waals surface area contributed by atoms with Gasteiger partial charge in [0.25, 0.3) is 0 Å². The number of halogens is 2. The molecule has 7 heteroatoms. The molecule has 0 aliphatic heterocycles. The Morgan fingerprint density at radius 2 is 1.67 bits per heavy atom. The molecule has 0 spiro atoms. The van der Waals surface area contributed by atoms with Crippen LogP contribution in [-0.4, -0.2) is 24.2 Å². The SMILES string of the molecule is COc1ccc(C(C)c2c(Cl)cncc2Cl)c(OCc2ccc3nc(C)ccc3c2)c1OC. The van der Waals surface area contributed by atoms with Gasteiger partial charge in [-0.2, -0.15) is 0 Å². The van der Waals surface area contributed by atoms with Crippen LogP contribution in [0.3, 0.4) is 0 Å². The zero-order valence-corrected chi connectivity index (χ0v) is 20.4. The van der Waals surface area contributed by atoms with Gasteiger partial charge in [0, 0.05) is 35.0 Å². The number of pyridine rings is 2. The fraction of sp³-hybridized carbons (Fsp3) is 0.231. The van der Waals surface area contributed by atoms with Gasteiger partial charge in [0.15, 0.2) is 11.5 Å². The normalized spacial score (nSPS) is 11.9. The summed E-state index contributed by atoms with van der Waals surface area (Å²) in [6.45, 7) is 4.34. The maximum Gasteiger partial charge on any atom is 0.203 e. The van der Waals surface area contributed by atoms with Gasteiger partial charge in [0.05, 0.1) is 29.8 Å². The minimum Gasteiger partial charge on any atom is -0.493 e. The van der Waals surface area contributed by atoms with Crippen molar-refractivity contribution in [3.8, 4) is 17.2 Å². The van der Waals surface area contributed by atoms with Crippen LogP contribution in [0.15, 0.2) is 54.9 Å². The minimum absolute atomic E-state index is 0.174. The third-order valence-electron chi connectivity index (χ3n) is 5.60. The lowest BCUT2D eigenvalue weighted by Gasteiger charge is -2.22. The van der Waals surface area contributed by atoms with E-state index in [9.17, 15) is 0 Å². The number of benzene rings is 2. The average Bonchev–Trinajstić information content (AvgIpc) is 2.81. The monoisotopic (exact) mass is 482 g/mol. The molecule has 5 nitrogen and oxygen atoms in total. The Bertz CT molecular complexity index is 1290. The second-order valence-electron chi connectivity index (χ2n) is 7.73. The van der Waals surface area contributed by atoms with E-state index in [2.05, 4.69) is 22.1 Å². The summed E-state index contributed by atoms with van der Waals surface area (Å²) in [5, 5.41) is 2.05. The van der Waals surface area contributed by atoms with Crippen molar-refractivity contribution in [2.75, 3.05) is 14.2 Å². The van der Waals surface area contributed by atoms with Crippen molar-refractivity contribution in [1.29, 1.82) is 0 Å². The summed E-state index contributed by atoms with van der Waals surface area (Å²) < 4.78 is 17.6. The third kappa shape index (κ3) is 4.70. The van der Waals surface area contributed by atoms with Gasteiger partial charge in [-0.15, -0.1) is 0 Å². The zero-order valence-electron chi connectivity index (χ0n) is 18.9. The number of hydrogen-bond donors (Lipinski definition) is 0. The molecule has 0 fully saturated rings. The standard InChI is InChI=1S/C26H24Cl2N2O3/c1-15-5-7-18-11-17(6-9-22(18)30-15)14-33-25-19(8-10-23(31-3)26(25)32-4)16(2)24-20(27)12-29-13-21(24)28/h5-13,16H,14H2,1-4H3. The molecule has 170 valence electrons. The Labute approximate surface area is 203 Å². The maximum atomic E-state index is 6.45. The van der Waals surface area contributed by atoms with Gasteiger partial charge < -0.3 is 14.2 Å². The zero-order chi connectivity index (χ0) is 23.5. The summed E-state index contributed by atoms with van der Waals surface area (Å²) in [5.41, 5.74) is 4.60. The average molecular weight is 483 g/mol. The second-order valence-corrected chi connectivity index (χ2v) is 8.54. The van der Waals surface area contributed by atoms with Crippen molar-refractivity contribution in [2.45, 2.75) is 26.4 Å². The van der Waals surface area contributed by atoms with Gasteiger partial charge in [-0.3, -0.25) is 9.97 Å². The fourth-order valence-corrected chi connectivity index (χ4v) is 4.61. The van der Waals surface area contributed by atoms with Crippen molar-refractivity contribution in [3.63, 3.8) is 0 Å². The molecule has 2 aromatic carbocycles. The first-order chi connectivity index (χ1) is 15.9. The first-order valence-electron chi connectivity index (χ1n) is 10.5. The van der Waals surface area contributed by atoms with Crippen molar-refractivity contribution < 1.29 is 14.2 Å². The van der Waals surface area contributed by atoms with Crippen LogP contribution in [0.5, 0.6) is 17.2 Å². The van der Waals surface area contributed by atoms with Crippen LogP contribution in [-0.2, 0) is 6.61 Å². The predicted molar refractivity (Wildman–Crippen MR) is 132 cm³/mol. The molecule has 0 saturated heterocycles. The molecule has 2 aromatic heterocycles. The quantitative estimate of drug-likeness (QED) is 0.284. The van der Waals surface area contributed by atoms with Gasteiger partial charge in [-0.1, -0.05) is 48.3 Å². The minimum atomic E-state index is -0.174. The number of nitrogens with zero attached hydrogens (tertiary/aromatic N) is 2. The lowest BCUT2D eigenvalue weighted by atomic mass is 9.92. The molecular weight excluding hydrogens is 459 g/mol. The number of aromatic nitrogens is 2. The smallest absolute Gasteiger partial charge is 0.203 e. The summed E-state index contributed by atoms with van der Waals surface area (Å²) >= 11 is 12.9. The predicted octanol–water partition coefficient (Wildman–Crippen LogP) is 6.99. The van der Waals surface area contributed by atoms with Crippen LogP contribution in [0.1, 0.15) is 35.2 Å². The Morgan fingerprint density at radius 3 is 2.36 bits per heavy atom. The van der Waals surface area contributed by atoms with E-state index in [0.29, 0.717) is 33.9 Å². The summed E-state index contributed by atoms with van der Waals surface area (Å²) in [6, 6.07) is 14.0. The van der Waals surface area contributed by atoms with Crippen LogP contribution in [0, 0.1) is 6.92 Å². The number of fused-ring (bicyclic) bond motifs is 1. The molecule has 2 heterocycles. The first-order valence-corrected chi connectivity index (χ1v) is 11.2. The Morgan fingerprint density at radius 1 is 0.909 bits per heavy atom. The van der Waals surface area contributed by atoms with Crippen LogP contribution in [0.4, 0.5) is 0 Å². The molecule has 0 saturated carbocycles. The van der Waals surface area contributed by atoms with Crippen LogP contribution in [0.25, 0.3) is 10.9 Å². The summed E-state index contributed by atoms with van der Waals surface area (Å²) in [7, 11) is 3.19. The fourth-order valence-electron chi connectivity index (χ4n) is 3.92. The highest BCUT2D eigenvalue weighted by molar-refractivity contribution is 6.35. The van der Waals surface area contributed by atoms with E-state index < -0.39 is 0 Å². The molecular formula is C26H24Cl2N2O3. The van der Waals surface area contributed by atoms with Gasteiger partial charge >= 0.3 is 0 Å². The Hall–Kier alpha value is -3.02. The van der Waals surface area contributed by atoms with Crippen molar-refractivity contribution in [3.05, 3.63) is 87.3 Å². The van der Waals surface area contributed by atoms with Crippen LogP contribution in [0.2, 0.25) is 10.0 Å². The molecule has 0 aliphatic rings. The van der Waals surface area contributed by atoms with Crippen molar-refractivity contribution in [1.82, 2.24) is 9.97 Å². The third-order valence-corrected chi connectivity index (χ3v) is 6.20. The van der Waals surface area contributed by atoms with Gasteiger partial charge in [0.2, 0.25) is 5.75 Å². The molecule has 0 radical (unpaired) electrons. The molecule has 33 heavy (non-hydrogen) atoms. The summed E-state index contributed by atoms with van der Waals surface area (Å²) in [4.78, 5) is 8.63. The van der Waals surface area contributed by atoms with Crippen LogP contribution < -0.4 is 14.2 Å². The molecule has 4 rings (SSSR count). The van der Waals surface area contributed by atoms with E-state index in [1.165, 1.54) is 0 Å². The number of hydrogen-bond acceptors (Lipinski definition) is 5. The molecule has 0 bridgehead atoms. The highest BCUT2D eigenvalue weighted by atomic mass is 35.5. The number of methoxy groups -OCH3 is 2. The lowest BCUT2D eigenvalue weighted by Crippen LogP contribution is -2.06. The largest absolute Gasteiger partial charge is 0.493 e. The molecule has 1 atom stereocenters. The summed E-state index contributed by atoms with van der Waals surface area (Å²) in [5.74, 6) is 1.50. The topological polar surface area (TPSA) is 53.5 Å². The van der Waals surface area contributed by atoms with E-state index in [0.717, 1.165) is 33.3 Å². The lowest BCUT2D eigenvalue weighted by molar-refractivity contribution is 0.272. The van der Waals surface area contributed by atoms with Crippen molar-refractivity contribution in [2.24, 2.45) is 0 Å². The Balaban J connectivity index is 1.74. The van der Waals surface area contributed by atoms with Gasteiger partial charge in [-0.25, -0.2) is 0 Å². The first kappa shape index (κ1) is 23.1. The molecule has 4 aromatic rings. The molecule has 0 aliphatic carbocycles. The van der Waals surface area contributed by atoms with E-state index in [1.807, 2.05) is 44.2 Å². The molecule has 0 N–H and O–H groups in total. The number of aryl methyl sites for hydroxylation is 1. The van der Waals surface area contributed by atoms with Crippen molar-refractivity contribution >= 4 is 34.1 Å². The maximum absolute atomic E-state index is 6.45. The highest BCUT2D eigenvalue weighted by Crippen LogP contribution is 2.46. The Kier molecular flexibility index (Phi) is 6.91. The number of rotatable bonds is 7. The van der Waals surface area contributed by atoms with E-state index >= 15 is 0 Å². The van der Waals surface area contributed by atoms with Gasteiger partial charge in [-0.05, 0) is 42.3 Å². The molecule has 0 amide bonds. The highest BCUT2D eigenvalue weighted by Gasteiger charge is 2.24. The van der Waals surface area contributed by atoms with E-state index in [-0.39, 0.29) is 5.92 Å². The van der Waals surface area contributed by atoms with E-state index in [4.69, 9.17) is 37.4 Å².